The maximum absolute atomic E-state index is 12.5. The van der Waals surface area contributed by atoms with Crippen molar-refractivity contribution >= 4 is 11.8 Å². The van der Waals surface area contributed by atoms with Crippen molar-refractivity contribution in [3.8, 4) is 5.75 Å². The molecule has 2 rings (SSSR count). The summed E-state index contributed by atoms with van der Waals surface area (Å²) in [4.78, 5) is 11.7. The Morgan fingerprint density at radius 2 is 2.05 bits per heavy atom. The molecule has 0 atom stereocenters. The van der Waals surface area contributed by atoms with Gasteiger partial charge in [-0.2, -0.15) is 18.3 Å². The van der Waals surface area contributed by atoms with E-state index in [1.54, 1.807) is 0 Å². The van der Waals surface area contributed by atoms with Crippen LogP contribution in [0.2, 0.25) is 0 Å². The minimum absolute atomic E-state index is 0.0811. The Bertz CT molecular complexity index is 630. The molecule has 1 aromatic carbocycles. The van der Waals surface area contributed by atoms with Gasteiger partial charge in [-0.3, -0.25) is 4.68 Å². The number of carbonyl (C=O) groups is 1. The van der Waals surface area contributed by atoms with Crippen molar-refractivity contribution in [2.75, 3.05) is 5.73 Å². The largest absolute Gasteiger partial charge is 0.422 e. The van der Waals surface area contributed by atoms with Crippen LogP contribution in [0.3, 0.4) is 0 Å². The van der Waals surface area contributed by atoms with Crippen LogP contribution in [0.25, 0.3) is 0 Å². The summed E-state index contributed by atoms with van der Waals surface area (Å²) in [5.74, 6) is -0.855. The highest BCUT2D eigenvalue weighted by Gasteiger charge is 2.30. The van der Waals surface area contributed by atoms with E-state index in [2.05, 4.69) is 5.10 Å². The topological polar surface area (TPSA) is 70.1 Å². The Balaban J connectivity index is 2.20. The SMILES string of the molecule is Cn1nc(C(=O)Oc2cccc(C(F)(F)F)c2)cc1N. The van der Waals surface area contributed by atoms with Gasteiger partial charge in [0.2, 0.25) is 0 Å². The third kappa shape index (κ3) is 2.90. The maximum Gasteiger partial charge on any atom is 0.416 e. The van der Waals surface area contributed by atoms with Gasteiger partial charge in [0.05, 0.1) is 5.56 Å². The molecule has 8 heteroatoms. The Hall–Kier alpha value is -2.51. The zero-order chi connectivity index (χ0) is 14.9. The number of nitrogen functional groups attached to an aromatic ring is 1. The predicted molar refractivity (Wildman–Crippen MR) is 64.0 cm³/mol. The minimum atomic E-state index is -4.50. The predicted octanol–water partition coefficient (Wildman–Crippen LogP) is 2.24. The van der Waals surface area contributed by atoms with E-state index in [0.717, 1.165) is 18.2 Å². The normalized spacial score (nSPS) is 11.4. The number of carbonyl (C=O) groups excluding carboxylic acids is 1. The van der Waals surface area contributed by atoms with Crippen molar-refractivity contribution in [2.24, 2.45) is 7.05 Å². The summed E-state index contributed by atoms with van der Waals surface area (Å²) in [6.45, 7) is 0. The van der Waals surface area contributed by atoms with E-state index in [-0.39, 0.29) is 17.3 Å². The Kier molecular flexibility index (Phi) is 3.39. The maximum atomic E-state index is 12.5. The molecule has 0 spiro atoms. The first-order valence-electron chi connectivity index (χ1n) is 5.46. The van der Waals surface area contributed by atoms with Gasteiger partial charge in [0, 0.05) is 13.1 Å². The van der Waals surface area contributed by atoms with Gasteiger partial charge in [0.25, 0.3) is 0 Å². The van der Waals surface area contributed by atoms with E-state index >= 15 is 0 Å². The summed E-state index contributed by atoms with van der Waals surface area (Å²) in [5, 5.41) is 3.77. The number of rotatable bonds is 2. The number of nitrogens with zero attached hydrogens (tertiary/aromatic N) is 2. The van der Waals surface area contributed by atoms with Gasteiger partial charge < -0.3 is 10.5 Å². The number of halogens is 3. The van der Waals surface area contributed by atoms with E-state index < -0.39 is 17.7 Å². The Morgan fingerprint density at radius 3 is 2.60 bits per heavy atom. The highest BCUT2D eigenvalue weighted by Crippen LogP contribution is 2.31. The van der Waals surface area contributed by atoms with Gasteiger partial charge in [-0.1, -0.05) is 6.07 Å². The highest BCUT2D eigenvalue weighted by atomic mass is 19.4. The third-order valence-electron chi connectivity index (χ3n) is 2.50. The second-order valence-corrected chi connectivity index (χ2v) is 3.99. The van der Waals surface area contributed by atoms with Crippen LogP contribution in [0.15, 0.2) is 30.3 Å². The first-order chi connectivity index (χ1) is 9.27. The lowest BCUT2D eigenvalue weighted by atomic mass is 10.2. The van der Waals surface area contributed by atoms with Crippen molar-refractivity contribution < 1.29 is 22.7 Å². The van der Waals surface area contributed by atoms with Crippen molar-refractivity contribution in [3.05, 3.63) is 41.6 Å². The molecule has 0 aliphatic heterocycles. The molecular weight excluding hydrogens is 275 g/mol. The zero-order valence-corrected chi connectivity index (χ0v) is 10.3. The van der Waals surface area contributed by atoms with E-state index in [4.69, 9.17) is 10.5 Å². The molecule has 0 aliphatic rings. The van der Waals surface area contributed by atoms with Gasteiger partial charge in [-0.05, 0) is 18.2 Å². The molecule has 0 saturated heterocycles. The molecule has 2 N–H and O–H groups in total. The summed E-state index contributed by atoms with van der Waals surface area (Å²) in [7, 11) is 1.52. The lowest BCUT2D eigenvalue weighted by Gasteiger charge is -2.08. The number of benzene rings is 1. The van der Waals surface area contributed by atoms with Crippen LogP contribution < -0.4 is 10.5 Å². The number of ether oxygens (including phenoxy) is 1. The second-order valence-electron chi connectivity index (χ2n) is 3.99. The second kappa shape index (κ2) is 4.87. The minimum Gasteiger partial charge on any atom is -0.422 e. The number of hydrogen-bond acceptors (Lipinski definition) is 4. The Labute approximate surface area is 111 Å². The molecule has 0 unspecified atom stereocenters. The van der Waals surface area contributed by atoms with Gasteiger partial charge in [0.15, 0.2) is 5.69 Å². The monoisotopic (exact) mass is 285 g/mol. The van der Waals surface area contributed by atoms with Gasteiger partial charge in [-0.15, -0.1) is 0 Å². The van der Waals surface area contributed by atoms with Crippen molar-refractivity contribution in [1.82, 2.24) is 9.78 Å². The average Bonchev–Trinajstić information content (AvgIpc) is 2.69. The van der Waals surface area contributed by atoms with E-state index in [0.29, 0.717) is 0 Å². The number of alkyl halides is 3. The van der Waals surface area contributed by atoms with Crippen molar-refractivity contribution in [2.45, 2.75) is 6.18 Å². The molecule has 1 aromatic heterocycles. The fourth-order valence-corrected chi connectivity index (χ4v) is 1.48. The molecule has 2 aromatic rings. The summed E-state index contributed by atoms with van der Waals surface area (Å²) >= 11 is 0. The van der Waals surface area contributed by atoms with E-state index in [1.165, 1.54) is 23.9 Å². The molecule has 20 heavy (non-hydrogen) atoms. The lowest BCUT2D eigenvalue weighted by molar-refractivity contribution is -0.137. The number of aryl methyl sites for hydroxylation is 1. The van der Waals surface area contributed by atoms with Gasteiger partial charge in [-0.25, -0.2) is 4.79 Å². The molecule has 0 radical (unpaired) electrons. The molecule has 5 nitrogen and oxygen atoms in total. The van der Waals surface area contributed by atoms with Crippen LogP contribution in [0, 0.1) is 0 Å². The first-order valence-corrected chi connectivity index (χ1v) is 5.46. The van der Waals surface area contributed by atoms with Crippen molar-refractivity contribution in [1.29, 1.82) is 0 Å². The number of nitrogens with two attached hydrogens (primary N) is 1. The lowest BCUT2D eigenvalue weighted by Crippen LogP contribution is -2.11. The number of hydrogen-bond donors (Lipinski definition) is 1. The van der Waals surface area contributed by atoms with E-state index in [1.807, 2.05) is 0 Å². The molecule has 0 bridgehead atoms. The first kappa shape index (κ1) is 13.9. The number of anilines is 1. The fourth-order valence-electron chi connectivity index (χ4n) is 1.48. The molecule has 1 heterocycles. The van der Waals surface area contributed by atoms with Crippen LogP contribution in [-0.2, 0) is 13.2 Å². The molecular formula is C12H10F3N3O2. The zero-order valence-electron chi connectivity index (χ0n) is 10.3. The summed E-state index contributed by atoms with van der Waals surface area (Å²) in [6.07, 6.45) is -4.50. The molecule has 0 fully saturated rings. The van der Waals surface area contributed by atoms with Gasteiger partial charge >= 0.3 is 12.1 Å². The van der Waals surface area contributed by atoms with Crippen LogP contribution in [-0.4, -0.2) is 15.7 Å². The van der Waals surface area contributed by atoms with Crippen LogP contribution in [0.5, 0.6) is 5.75 Å². The quantitative estimate of drug-likeness (QED) is 0.678. The van der Waals surface area contributed by atoms with Crippen LogP contribution >= 0.6 is 0 Å². The van der Waals surface area contributed by atoms with E-state index in [9.17, 15) is 18.0 Å². The number of aromatic nitrogens is 2. The summed E-state index contributed by atoms with van der Waals surface area (Å²) in [5.41, 5.74) is 4.52. The van der Waals surface area contributed by atoms with Gasteiger partial charge in [0.1, 0.15) is 11.6 Å². The third-order valence-corrected chi connectivity index (χ3v) is 2.50. The highest BCUT2D eigenvalue weighted by molar-refractivity contribution is 5.89. The van der Waals surface area contributed by atoms with Crippen LogP contribution in [0.4, 0.5) is 19.0 Å². The van der Waals surface area contributed by atoms with Crippen molar-refractivity contribution in [3.63, 3.8) is 0 Å². The summed E-state index contributed by atoms with van der Waals surface area (Å²) in [6, 6.07) is 5.30. The summed E-state index contributed by atoms with van der Waals surface area (Å²) < 4.78 is 43.6. The Morgan fingerprint density at radius 1 is 1.35 bits per heavy atom. The van der Waals surface area contributed by atoms with Crippen LogP contribution in [0.1, 0.15) is 16.1 Å². The molecule has 0 saturated carbocycles. The fraction of sp³-hybridized carbons (Fsp3) is 0.167. The molecule has 106 valence electrons. The smallest absolute Gasteiger partial charge is 0.416 e. The standard InChI is InChI=1S/C12H10F3N3O2/c1-18-10(16)6-9(17-18)11(19)20-8-4-2-3-7(5-8)12(13,14)15/h2-6H,16H2,1H3. The molecule has 0 amide bonds. The number of esters is 1. The average molecular weight is 285 g/mol. The molecule has 0 aliphatic carbocycles.